The SMILES string of the molecule is O=C(C=Cc1ccc([N+](=O)[O-])cc1)N1CCCN(c2nc(Cc3ccc(Cl)cc3)ns2)CC1. The van der Waals surface area contributed by atoms with Gasteiger partial charge in [-0.2, -0.15) is 4.37 Å². The smallest absolute Gasteiger partial charge is 0.269 e. The zero-order valence-corrected chi connectivity index (χ0v) is 19.3. The van der Waals surface area contributed by atoms with E-state index in [1.807, 2.05) is 29.2 Å². The van der Waals surface area contributed by atoms with Gasteiger partial charge in [0.05, 0.1) is 4.92 Å². The molecule has 2 heterocycles. The van der Waals surface area contributed by atoms with E-state index in [2.05, 4.69) is 9.27 Å². The van der Waals surface area contributed by atoms with Crippen molar-refractivity contribution in [1.82, 2.24) is 14.3 Å². The molecule has 1 aliphatic heterocycles. The maximum atomic E-state index is 12.7. The molecule has 0 N–H and O–H groups in total. The van der Waals surface area contributed by atoms with E-state index in [1.54, 1.807) is 18.2 Å². The lowest BCUT2D eigenvalue weighted by Crippen LogP contribution is -2.34. The zero-order valence-electron chi connectivity index (χ0n) is 17.8. The summed E-state index contributed by atoms with van der Waals surface area (Å²) >= 11 is 7.33. The van der Waals surface area contributed by atoms with Gasteiger partial charge in [-0.25, -0.2) is 4.98 Å². The van der Waals surface area contributed by atoms with Crippen LogP contribution in [0.1, 0.15) is 23.4 Å². The summed E-state index contributed by atoms with van der Waals surface area (Å²) in [5.41, 5.74) is 1.88. The third kappa shape index (κ3) is 6.15. The van der Waals surface area contributed by atoms with Gasteiger partial charge in [-0.1, -0.05) is 23.7 Å². The fraction of sp³-hybridized carbons (Fsp3) is 0.261. The first-order chi connectivity index (χ1) is 16.0. The van der Waals surface area contributed by atoms with Crippen molar-refractivity contribution in [1.29, 1.82) is 0 Å². The van der Waals surface area contributed by atoms with Crippen LogP contribution in [0.25, 0.3) is 6.08 Å². The summed E-state index contributed by atoms with van der Waals surface area (Å²) < 4.78 is 4.50. The summed E-state index contributed by atoms with van der Waals surface area (Å²) in [5.74, 6) is 0.705. The second-order valence-electron chi connectivity index (χ2n) is 7.64. The highest BCUT2D eigenvalue weighted by atomic mass is 35.5. The van der Waals surface area contributed by atoms with Crippen LogP contribution in [0.5, 0.6) is 0 Å². The first kappa shape index (κ1) is 22.9. The second kappa shape index (κ2) is 10.5. The van der Waals surface area contributed by atoms with Crippen molar-refractivity contribution in [3.63, 3.8) is 0 Å². The number of rotatable bonds is 6. The van der Waals surface area contributed by atoms with E-state index < -0.39 is 4.92 Å². The predicted molar refractivity (Wildman–Crippen MR) is 130 cm³/mol. The largest absolute Gasteiger partial charge is 0.345 e. The number of hydrogen-bond acceptors (Lipinski definition) is 7. The molecule has 0 aliphatic carbocycles. The van der Waals surface area contributed by atoms with Crippen molar-refractivity contribution in [2.75, 3.05) is 31.1 Å². The number of nitro groups is 1. The molecule has 0 radical (unpaired) electrons. The molecule has 4 rings (SSSR count). The molecule has 0 atom stereocenters. The summed E-state index contributed by atoms with van der Waals surface area (Å²) in [7, 11) is 0. The number of nitro benzene ring substituents is 1. The van der Waals surface area contributed by atoms with E-state index in [9.17, 15) is 14.9 Å². The number of nitrogens with zero attached hydrogens (tertiary/aromatic N) is 5. The standard InChI is InChI=1S/C23H22ClN5O3S/c24-19-7-2-18(3-8-19)16-21-25-23(33-26-21)28-13-1-12-27(14-15-28)22(30)11-6-17-4-9-20(10-5-17)29(31)32/h2-11H,1,12-16H2. The number of hydrogen-bond donors (Lipinski definition) is 0. The van der Waals surface area contributed by atoms with Crippen LogP contribution in [0.3, 0.4) is 0 Å². The lowest BCUT2D eigenvalue weighted by atomic mass is 10.1. The Bertz CT molecular complexity index is 1150. The van der Waals surface area contributed by atoms with Crippen LogP contribution in [-0.4, -0.2) is 51.3 Å². The molecule has 8 nitrogen and oxygen atoms in total. The molecule has 0 bridgehead atoms. The van der Waals surface area contributed by atoms with Gasteiger partial charge >= 0.3 is 0 Å². The van der Waals surface area contributed by atoms with E-state index in [0.717, 1.165) is 35.0 Å². The number of non-ortho nitro benzene ring substituents is 1. The number of benzene rings is 2. The van der Waals surface area contributed by atoms with E-state index >= 15 is 0 Å². The van der Waals surface area contributed by atoms with Crippen molar-refractivity contribution in [2.45, 2.75) is 12.8 Å². The molecule has 3 aromatic rings. The number of anilines is 1. The number of halogens is 1. The summed E-state index contributed by atoms with van der Waals surface area (Å²) in [6, 6.07) is 13.8. The number of aromatic nitrogens is 2. The van der Waals surface area contributed by atoms with Crippen LogP contribution in [-0.2, 0) is 11.2 Å². The average Bonchev–Trinajstić information content (AvgIpc) is 3.13. The molecular formula is C23H22ClN5O3S. The quantitative estimate of drug-likeness (QED) is 0.292. The Morgan fingerprint density at radius 1 is 1.09 bits per heavy atom. The highest BCUT2D eigenvalue weighted by Crippen LogP contribution is 2.21. The van der Waals surface area contributed by atoms with Crippen LogP contribution >= 0.6 is 23.1 Å². The van der Waals surface area contributed by atoms with Gasteiger partial charge in [-0.15, -0.1) is 0 Å². The Morgan fingerprint density at radius 3 is 2.58 bits per heavy atom. The van der Waals surface area contributed by atoms with Gasteiger partial charge in [0.2, 0.25) is 11.0 Å². The normalized spacial score (nSPS) is 14.5. The molecule has 1 fully saturated rings. The molecule has 170 valence electrons. The van der Waals surface area contributed by atoms with Gasteiger partial charge in [0.25, 0.3) is 5.69 Å². The van der Waals surface area contributed by atoms with Gasteiger partial charge in [-0.05, 0) is 47.9 Å². The number of carbonyl (C=O) groups excluding carboxylic acids is 1. The summed E-state index contributed by atoms with van der Waals surface area (Å²) in [6.07, 6.45) is 4.69. The van der Waals surface area contributed by atoms with Crippen molar-refractivity contribution in [3.05, 3.63) is 86.7 Å². The minimum Gasteiger partial charge on any atom is -0.345 e. The number of amides is 1. The van der Waals surface area contributed by atoms with E-state index in [4.69, 9.17) is 16.6 Å². The third-order valence-corrected chi connectivity index (χ3v) is 6.40. The van der Waals surface area contributed by atoms with Gasteiger partial charge in [0.15, 0.2) is 0 Å². The van der Waals surface area contributed by atoms with E-state index in [1.165, 1.54) is 29.7 Å². The van der Waals surface area contributed by atoms with Crippen LogP contribution in [0.15, 0.2) is 54.6 Å². The minimum absolute atomic E-state index is 0.0269. The highest BCUT2D eigenvalue weighted by molar-refractivity contribution is 7.09. The maximum absolute atomic E-state index is 12.7. The Hall–Kier alpha value is -3.30. The Morgan fingerprint density at radius 2 is 1.85 bits per heavy atom. The molecule has 33 heavy (non-hydrogen) atoms. The molecule has 1 saturated heterocycles. The molecule has 10 heteroatoms. The highest BCUT2D eigenvalue weighted by Gasteiger charge is 2.20. The molecule has 2 aromatic carbocycles. The van der Waals surface area contributed by atoms with Gasteiger partial charge in [0, 0.05) is 67.4 Å². The maximum Gasteiger partial charge on any atom is 0.269 e. The topological polar surface area (TPSA) is 92.5 Å². The lowest BCUT2D eigenvalue weighted by molar-refractivity contribution is -0.384. The van der Waals surface area contributed by atoms with Crippen LogP contribution < -0.4 is 4.90 Å². The monoisotopic (exact) mass is 483 g/mol. The predicted octanol–water partition coefficient (Wildman–Crippen LogP) is 4.44. The van der Waals surface area contributed by atoms with Gasteiger partial charge < -0.3 is 9.80 Å². The Labute approximate surface area is 200 Å². The summed E-state index contributed by atoms with van der Waals surface area (Å²) in [5, 5.41) is 12.3. The summed E-state index contributed by atoms with van der Waals surface area (Å²) in [6.45, 7) is 2.75. The molecule has 0 saturated carbocycles. The van der Waals surface area contributed by atoms with Crippen molar-refractivity contribution in [2.24, 2.45) is 0 Å². The van der Waals surface area contributed by atoms with Crippen molar-refractivity contribution in [3.8, 4) is 0 Å². The first-order valence-corrected chi connectivity index (χ1v) is 11.7. The van der Waals surface area contributed by atoms with E-state index in [0.29, 0.717) is 31.1 Å². The molecule has 0 unspecified atom stereocenters. The van der Waals surface area contributed by atoms with Gasteiger partial charge in [-0.3, -0.25) is 14.9 Å². The Balaban J connectivity index is 1.32. The molecule has 1 amide bonds. The molecular weight excluding hydrogens is 462 g/mol. The van der Waals surface area contributed by atoms with Crippen LogP contribution in [0.2, 0.25) is 5.02 Å². The summed E-state index contributed by atoms with van der Waals surface area (Å²) in [4.78, 5) is 31.6. The van der Waals surface area contributed by atoms with Crippen molar-refractivity contribution >= 4 is 45.9 Å². The minimum atomic E-state index is -0.444. The molecule has 1 aliphatic rings. The van der Waals surface area contributed by atoms with E-state index in [-0.39, 0.29) is 11.6 Å². The lowest BCUT2D eigenvalue weighted by Gasteiger charge is -2.20. The molecule has 1 aromatic heterocycles. The van der Waals surface area contributed by atoms with Gasteiger partial charge in [0.1, 0.15) is 5.82 Å². The second-order valence-corrected chi connectivity index (χ2v) is 8.81. The third-order valence-electron chi connectivity index (χ3n) is 5.33. The van der Waals surface area contributed by atoms with Crippen LogP contribution in [0.4, 0.5) is 10.8 Å². The fourth-order valence-corrected chi connectivity index (χ4v) is 4.40. The Kier molecular flexibility index (Phi) is 7.31. The number of carbonyl (C=O) groups is 1. The zero-order chi connectivity index (χ0) is 23.2. The average molecular weight is 484 g/mol. The first-order valence-electron chi connectivity index (χ1n) is 10.5. The van der Waals surface area contributed by atoms with Crippen molar-refractivity contribution < 1.29 is 9.72 Å². The molecule has 0 spiro atoms. The van der Waals surface area contributed by atoms with Crippen LogP contribution in [0, 0.1) is 10.1 Å². The fourth-order valence-electron chi connectivity index (χ4n) is 3.54.